The predicted molar refractivity (Wildman–Crippen MR) is 26.5 cm³/mol. The number of nitrogens with two attached hydrogens (primary N) is 1. The van der Waals surface area contributed by atoms with Crippen LogP contribution in [0.2, 0.25) is 0 Å². The minimum absolute atomic E-state index is 0.153. The zero-order valence-electron chi connectivity index (χ0n) is 4.00. The molecular weight excluding hydrogens is 92.8 g/mol. The molecule has 0 aromatic rings. The Morgan fingerprint density at radius 3 is 2.71 bits per heavy atom. The fraction of sp³-hybridized carbons (Fsp3) is 1.00. The molecule has 0 amide bonds. The summed E-state index contributed by atoms with van der Waals surface area (Å²) in [5.41, 5.74) is 5.30. The van der Waals surface area contributed by atoms with E-state index in [1.54, 1.807) is 0 Å². The molecule has 1 fully saturated rings. The molecule has 1 rings (SSSR count). The maximum Gasteiger partial charge on any atom is 0.472 e. The second-order valence-corrected chi connectivity index (χ2v) is 1.71. The second-order valence-electron chi connectivity index (χ2n) is 1.71. The summed E-state index contributed by atoms with van der Waals surface area (Å²) in [4.78, 5) is 0. The van der Waals surface area contributed by atoms with E-state index in [0.29, 0.717) is 6.61 Å². The van der Waals surface area contributed by atoms with Crippen molar-refractivity contribution in [2.24, 2.45) is 5.73 Å². The standard InChI is InChI=1S/C3H8BNO2/c5-3-1-2-7-4(3)6/h3,6H,1-2,5H2. The normalized spacial score (nSPS) is 31.7. The maximum atomic E-state index is 8.65. The van der Waals surface area contributed by atoms with Crippen LogP contribution in [0, 0.1) is 0 Å². The van der Waals surface area contributed by atoms with Crippen molar-refractivity contribution in [3.63, 3.8) is 0 Å². The summed E-state index contributed by atoms with van der Waals surface area (Å²) in [5.74, 6) is -0.153. The zero-order chi connectivity index (χ0) is 5.28. The SMILES string of the molecule is NC1CCOB1O. The molecule has 0 bridgehead atoms. The van der Waals surface area contributed by atoms with Crippen LogP contribution in [0.3, 0.4) is 0 Å². The summed E-state index contributed by atoms with van der Waals surface area (Å²) in [6.07, 6.45) is 0.779. The third-order valence-electron chi connectivity index (χ3n) is 1.11. The molecule has 1 aliphatic heterocycles. The lowest BCUT2D eigenvalue weighted by Crippen LogP contribution is -2.34. The summed E-state index contributed by atoms with van der Waals surface area (Å²) < 4.78 is 4.70. The van der Waals surface area contributed by atoms with Crippen LogP contribution in [0.5, 0.6) is 0 Å². The highest BCUT2D eigenvalue weighted by Gasteiger charge is 2.28. The van der Waals surface area contributed by atoms with Gasteiger partial charge in [-0.05, 0) is 6.42 Å². The predicted octanol–water partition coefficient (Wildman–Crippen LogP) is -1.25. The molecular formula is C3H8BNO2. The van der Waals surface area contributed by atoms with Gasteiger partial charge in [-0.25, -0.2) is 0 Å². The van der Waals surface area contributed by atoms with Crippen molar-refractivity contribution in [2.45, 2.75) is 12.4 Å². The monoisotopic (exact) mass is 101 g/mol. The quantitative estimate of drug-likeness (QED) is 0.375. The van der Waals surface area contributed by atoms with Gasteiger partial charge in [0.25, 0.3) is 0 Å². The van der Waals surface area contributed by atoms with Crippen LogP contribution < -0.4 is 5.73 Å². The van der Waals surface area contributed by atoms with Crippen LogP contribution in [0.4, 0.5) is 0 Å². The van der Waals surface area contributed by atoms with Crippen molar-refractivity contribution in [1.82, 2.24) is 0 Å². The highest BCUT2D eigenvalue weighted by atomic mass is 16.5. The first kappa shape index (κ1) is 5.09. The van der Waals surface area contributed by atoms with Crippen LogP contribution >= 0.6 is 0 Å². The van der Waals surface area contributed by atoms with Gasteiger partial charge in [0.1, 0.15) is 0 Å². The minimum atomic E-state index is -0.708. The van der Waals surface area contributed by atoms with Crippen LogP contribution in [0.25, 0.3) is 0 Å². The van der Waals surface area contributed by atoms with E-state index in [1.165, 1.54) is 0 Å². The van der Waals surface area contributed by atoms with Gasteiger partial charge in [0.15, 0.2) is 0 Å². The minimum Gasteiger partial charge on any atom is -0.426 e. The van der Waals surface area contributed by atoms with E-state index in [1.807, 2.05) is 0 Å². The molecule has 3 N–H and O–H groups in total. The molecule has 0 aliphatic carbocycles. The zero-order valence-corrected chi connectivity index (χ0v) is 4.00. The van der Waals surface area contributed by atoms with E-state index in [0.717, 1.165) is 6.42 Å². The van der Waals surface area contributed by atoms with Gasteiger partial charge in [0.2, 0.25) is 0 Å². The average Bonchev–Trinajstić information content (AvgIpc) is 1.91. The van der Waals surface area contributed by atoms with E-state index >= 15 is 0 Å². The molecule has 1 saturated heterocycles. The largest absolute Gasteiger partial charge is 0.472 e. The van der Waals surface area contributed by atoms with Crippen LogP contribution in [0.15, 0.2) is 0 Å². The molecule has 0 spiro atoms. The molecule has 1 unspecified atom stereocenters. The van der Waals surface area contributed by atoms with Gasteiger partial charge in [-0.1, -0.05) is 0 Å². The van der Waals surface area contributed by atoms with Gasteiger partial charge in [0, 0.05) is 12.5 Å². The molecule has 1 heterocycles. The Morgan fingerprint density at radius 2 is 2.57 bits per heavy atom. The molecule has 0 aromatic heterocycles. The van der Waals surface area contributed by atoms with Crippen molar-refractivity contribution in [1.29, 1.82) is 0 Å². The van der Waals surface area contributed by atoms with Gasteiger partial charge < -0.3 is 15.4 Å². The molecule has 1 atom stereocenters. The first-order valence-corrected chi connectivity index (χ1v) is 2.36. The van der Waals surface area contributed by atoms with Crippen LogP contribution in [-0.2, 0) is 4.65 Å². The molecule has 40 valence electrons. The average molecular weight is 101 g/mol. The lowest BCUT2D eigenvalue weighted by molar-refractivity contribution is 0.301. The molecule has 1 aliphatic rings. The third kappa shape index (κ3) is 0.935. The van der Waals surface area contributed by atoms with Crippen molar-refractivity contribution in [3.8, 4) is 0 Å². The molecule has 0 aromatic carbocycles. The number of rotatable bonds is 0. The molecule has 4 heteroatoms. The lowest BCUT2D eigenvalue weighted by Gasteiger charge is -1.96. The van der Waals surface area contributed by atoms with Gasteiger partial charge in [-0.15, -0.1) is 0 Å². The van der Waals surface area contributed by atoms with E-state index in [4.69, 9.17) is 15.4 Å². The van der Waals surface area contributed by atoms with Gasteiger partial charge in [-0.3, -0.25) is 0 Å². The van der Waals surface area contributed by atoms with Crippen LogP contribution in [-0.4, -0.2) is 24.7 Å². The van der Waals surface area contributed by atoms with Gasteiger partial charge in [0.05, 0.1) is 0 Å². The Morgan fingerprint density at radius 1 is 1.86 bits per heavy atom. The molecule has 3 nitrogen and oxygen atoms in total. The first-order chi connectivity index (χ1) is 3.30. The molecule has 7 heavy (non-hydrogen) atoms. The Bertz CT molecular complexity index is 62.0. The Kier molecular flexibility index (Phi) is 1.32. The van der Waals surface area contributed by atoms with E-state index in [9.17, 15) is 0 Å². The number of hydrogen-bond acceptors (Lipinski definition) is 3. The smallest absolute Gasteiger partial charge is 0.426 e. The summed E-state index contributed by atoms with van der Waals surface area (Å²) >= 11 is 0. The Balaban J connectivity index is 2.33. The third-order valence-corrected chi connectivity index (χ3v) is 1.11. The Hall–Kier alpha value is -0.0551. The van der Waals surface area contributed by atoms with E-state index in [2.05, 4.69) is 0 Å². The molecule has 0 saturated carbocycles. The molecule has 0 radical (unpaired) electrons. The summed E-state index contributed by atoms with van der Waals surface area (Å²) in [6, 6.07) is 0. The fourth-order valence-corrected chi connectivity index (χ4v) is 0.591. The van der Waals surface area contributed by atoms with Crippen molar-refractivity contribution >= 4 is 7.12 Å². The fourth-order valence-electron chi connectivity index (χ4n) is 0.591. The second kappa shape index (κ2) is 1.82. The van der Waals surface area contributed by atoms with E-state index in [-0.39, 0.29) is 5.94 Å². The summed E-state index contributed by atoms with van der Waals surface area (Å²) in [5, 5.41) is 8.65. The highest BCUT2D eigenvalue weighted by molar-refractivity contribution is 6.45. The first-order valence-electron chi connectivity index (χ1n) is 2.36. The van der Waals surface area contributed by atoms with Crippen molar-refractivity contribution < 1.29 is 9.68 Å². The summed E-state index contributed by atoms with van der Waals surface area (Å²) in [7, 11) is -0.708. The summed E-state index contributed by atoms with van der Waals surface area (Å²) in [6.45, 7) is 0.600. The Labute approximate surface area is 42.6 Å². The lowest BCUT2D eigenvalue weighted by atomic mass is 9.81. The number of hydrogen-bond donors (Lipinski definition) is 2. The van der Waals surface area contributed by atoms with Crippen molar-refractivity contribution in [3.05, 3.63) is 0 Å². The van der Waals surface area contributed by atoms with Crippen molar-refractivity contribution in [2.75, 3.05) is 6.61 Å². The topological polar surface area (TPSA) is 55.5 Å². The van der Waals surface area contributed by atoms with Gasteiger partial charge >= 0.3 is 7.12 Å². The van der Waals surface area contributed by atoms with Crippen LogP contribution in [0.1, 0.15) is 6.42 Å². The maximum absolute atomic E-state index is 8.65. The van der Waals surface area contributed by atoms with Gasteiger partial charge in [-0.2, -0.15) is 0 Å². The van der Waals surface area contributed by atoms with E-state index < -0.39 is 7.12 Å². The highest BCUT2D eigenvalue weighted by Crippen LogP contribution is 2.02.